The number of carbonyl (C=O) groups excluding carboxylic acids is 1. The molecule has 5 heteroatoms. The first kappa shape index (κ1) is 10.5. The summed E-state index contributed by atoms with van der Waals surface area (Å²) in [5, 5.41) is 1.30. The molecule has 0 bridgehead atoms. The van der Waals surface area contributed by atoms with Gasteiger partial charge in [-0.05, 0) is 12.1 Å². The van der Waals surface area contributed by atoms with Crippen molar-refractivity contribution < 1.29 is 4.79 Å². The summed E-state index contributed by atoms with van der Waals surface area (Å²) >= 11 is 7.40. The molecule has 1 heterocycles. The predicted molar refractivity (Wildman–Crippen MR) is 63.8 cm³/mol. The fraction of sp³-hybridized carbons (Fsp3) is 0.200. The highest BCUT2D eigenvalue weighted by atomic mass is 35.5. The zero-order valence-electron chi connectivity index (χ0n) is 8.11. The Kier molecular flexibility index (Phi) is 2.98. The highest BCUT2D eigenvalue weighted by Gasteiger charge is 2.24. The molecule has 1 saturated heterocycles. The fourth-order valence-electron chi connectivity index (χ4n) is 1.18. The number of amidine groups is 1. The summed E-state index contributed by atoms with van der Waals surface area (Å²) in [6, 6.07) is 7.32. The lowest BCUT2D eigenvalue weighted by atomic mass is 10.3. The lowest BCUT2D eigenvalue weighted by molar-refractivity contribution is -0.123. The van der Waals surface area contributed by atoms with Crippen LogP contribution in [-0.2, 0) is 4.79 Å². The van der Waals surface area contributed by atoms with Crippen LogP contribution < -0.4 is 0 Å². The molecule has 1 aliphatic rings. The maximum atomic E-state index is 11.3. The summed E-state index contributed by atoms with van der Waals surface area (Å²) in [4.78, 5) is 17.1. The van der Waals surface area contributed by atoms with E-state index in [0.29, 0.717) is 21.6 Å². The molecule has 2 rings (SSSR count). The Morgan fingerprint density at radius 1 is 1.47 bits per heavy atom. The van der Waals surface area contributed by atoms with E-state index in [1.807, 2.05) is 18.2 Å². The zero-order chi connectivity index (χ0) is 10.8. The number of aliphatic imine (C=N–C) groups is 1. The maximum absolute atomic E-state index is 11.3. The normalized spacial score (nSPS) is 18.9. The van der Waals surface area contributed by atoms with E-state index in [-0.39, 0.29) is 5.91 Å². The van der Waals surface area contributed by atoms with Crippen molar-refractivity contribution in [1.82, 2.24) is 4.90 Å². The van der Waals surface area contributed by atoms with Crippen molar-refractivity contribution in [1.29, 1.82) is 0 Å². The van der Waals surface area contributed by atoms with Crippen molar-refractivity contribution in [2.45, 2.75) is 0 Å². The Labute approximate surface area is 97.1 Å². The van der Waals surface area contributed by atoms with E-state index in [2.05, 4.69) is 4.99 Å². The van der Waals surface area contributed by atoms with Gasteiger partial charge in [-0.3, -0.25) is 9.69 Å². The number of hydrogen-bond donors (Lipinski definition) is 0. The van der Waals surface area contributed by atoms with E-state index in [1.165, 1.54) is 11.8 Å². The van der Waals surface area contributed by atoms with E-state index in [4.69, 9.17) is 11.6 Å². The molecule has 0 saturated carbocycles. The largest absolute Gasteiger partial charge is 0.294 e. The van der Waals surface area contributed by atoms with Crippen molar-refractivity contribution in [3.63, 3.8) is 0 Å². The van der Waals surface area contributed by atoms with Gasteiger partial charge in [0.1, 0.15) is 0 Å². The number of halogens is 1. The summed E-state index contributed by atoms with van der Waals surface area (Å²) in [6.45, 7) is 0. The molecule has 0 N–H and O–H groups in total. The van der Waals surface area contributed by atoms with Crippen LogP contribution in [0.2, 0.25) is 5.02 Å². The molecule has 1 aromatic carbocycles. The lowest BCUT2D eigenvalue weighted by Crippen LogP contribution is -2.24. The third-order valence-corrected chi connectivity index (χ3v) is 3.39. The van der Waals surface area contributed by atoms with Crippen LogP contribution in [0.1, 0.15) is 0 Å². The number of amides is 1. The summed E-state index contributed by atoms with van der Waals surface area (Å²) in [5.74, 6) is 0.533. The van der Waals surface area contributed by atoms with E-state index in [1.54, 1.807) is 18.0 Å². The molecule has 78 valence electrons. The van der Waals surface area contributed by atoms with Crippen LogP contribution in [0.4, 0.5) is 5.69 Å². The summed E-state index contributed by atoms with van der Waals surface area (Å²) in [5.41, 5.74) is 0.697. The number of hydrogen-bond acceptors (Lipinski definition) is 3. The van der Waals surface area contributed by atoms with Crippen molar-refractivity contribution in [3.8, 4) is 0 Å². The summed E-state index contributed by atoms with van der Waals surface area (Å²) < 4.78 is 0. The zero-order valence-corrected chi connectivity index (χ0v) is 9.68. The molecule has 0 spiro atoms. The van der Waals surface area contributed by atoms with Gasteiger partial charge < -0.3 is 0 Å². The first-order valence-corrected chi connectivity index (χ1v) is 5.77. The van der Waals surface area contributed by atoms with Gasteiger partial charge in [0.25, 0.3) is 0 Å². The summed E-state index contributed by atoms with van der Waals surface area (Å²) in [6.07, 6.45) is 0. The molecule has 0 aromatic heterocycles. The number of rotatable bonds is 1. The van der Waals surface area contributed by atoms with E-state index in [9.17, 15) is 4.79 Å². The van der Waals surface area contributed by atoms with Crippen LogP contribution in [0, 0.1) is 0 Å². The predicted octanol–water partition coefficient (Wildman–Crippen LogP) is 2.53. The minimum atomic E-state index is 0.0748. The third-order valence-electron chi connectivity index (χ3n) is 2.05. The van der Waals surface area contributed by atoms with Crippen LogP contribution in [0.5, 0.6) is 0 Å². The number of carbonyl (C=O) groups is 1. The fourth-order valence-corrected chi connectivity index (χ4v) is 2.26. The monoisotopic (exact) mass is 240 g/mol. The van der Waals surface area contributed by atoms with Gasteiger partial charge in [-0.2, -0.15) is 0 Å². The van der Waals surface area contributed by atoms with Gasteiger partial charge in [-0.1, -0.05) is 35.5 Å². The number of nitrogens with zero attached hydrogens (tertiary/aromatic N) is 2. The number of benzene rings is 1. The number of thioether (sulfide) groups is 1. The number of para-hydroxylation sites is 1. The second-order valence-corrected chi connectivity index (χ2v) is 4.44. The maximum Gasteiger partial charge on any atom is 0.238 e. The third kappa shape index (κ3) is 2.16. The molecular weight excluding hydrogens is 232 g/mol. The molecule has 1 fully saturated rings. The van der Waals surface area contributed by atoms with Gasteiger partial charge in [-0.25, -0.2) is 4.99 Å². The van der Waals surface area contributed by atoms with Gasteiger partial charge in [-0.15, -0.1) is 0 Å². The minimum Gasteiger partial charge on any atom is -0.294 e. The second-order valence-electron chi connectivity index (χ2n) is 3.09. The first-order valence-electron chi connectivity index (χ1n) is 4.41. The van der Waals surface area contributed by atoms with E-state index < -0.39 is 0 Å². The Bertz CT molecular complexity index is 433. The van der Waals surface area contributed by atoms with Crippen molar-refractivity contribution in [2.24, 2.45) is 4.99 Å². The van der Waals surface area contributed by atoms with Crippen LogP contribution in [0.25, 0.3) is 0 Å². The smallest absolute Gasteiger partial charge is 0.238 e. The van der Waals surface area contributed by atoms with Crippen molar-refractivity contribution >= 4 is 40.1 Å². The van der Waals surface area contributed by atoms with Gasteiger partial charge in [0, 0.05) is 7.05 Å². The molecule has 0 atom stereocenters. The molecule has 15 heavy (non-hydrogen) atoms. The van der Waals surface area contributed by atoms with Crippen LogP contribution >= 0.6 is 23.4 Å². The van der Waals surface area contributed by atoms with E-state index >= 15 is 0 Å². The molecule has 3 nitrogen and oxygen atoms in total. The van der Waals surface area contributed by atoms with Crippen LogP contribution in [0.15, 0.2) is 29.3 Å². The first-order chi connectivity index (χ1) is 7.18. The molecule has 1 amide bonds. The highest BCUT2D eigenvalue weighted by molar-refractivity contribution is 8.15. The lowest BCUT2D eigenvalue weighted by Gasteiger charge is -2.08. The van der Waals surface area contributed by atoms with Gasteiger partial charge in [0.2, 0.25) is 5.91 Å². The quantitative estimate of drug-likeness (QED) is 0.756. The van der Waals surface area contributed by atoms with Gasteiger partial charge in [0.05, 0.1) is 16.5 Å². The van der Waals surface area contributed by atoms with Crippen LogP contribution in [0.3, 0.4) is 0 Å². The van der Waals surface area contributed by atoms with Crippen molar-refractivity contribution in [3.05, 3.63) is 29.3 Å². The Hall–Kier alpha value is -1.00. The van der Waals surface area contributed by atoms with Gasteiger partial charge in [0.15, 0.2) is 5.17 Å². The minimum absolute atomic E-state index is 0.0748. The summed E-state index contributed by atoms with van der Waals surface area (Å²) in [7, 11) is 1.72. The second kappa shape index (κ2) is 4.24. The Balaban J connectivity index is 2.31. The SMILES string of the molecule is CN1C(=O)CSC1=Nc1ccccc1Cl. The highest BCUT2D eigenvalue weighted by Crippen LogP contribution is 2.27. The average molecular weight is 241 g/mol. The molecular formula is C10H9ClN2OS. The Morgan fingerprint density at radius 3 is 2.80 bits per heavy atom. The molecule has 0 unspecified atom stereocenters. The van der Waals surface area contributed by atoms with Gasteiger partial charge >= 0.3 is 0 Å². The molecule has 0 aliphatic carbocycles. The Morgan fingerprint density at radius 2 is 2.20 bits per heavy atom. The van der Waals surface area contributed by atoms with Crippen molar-refractivity contribution in [2.75, 3.05) is 12.8 Å². The van der Waals surface area contributed by atoms with Crippen LogP contribution in [-0.4, -0.2) is 28.8 Å². The standard InChI is InChI=1S/C10H9ClN2OS/c1-13-9(14)6-15-10(13)12-8-5-3-2-4-7(8)11/h2-5H,6H2,1H3. The molecule has 0 radical (unpaired) electrons. The topological polar surface area (TPSA) is 32.7 Å². The molecule has 1 aromatic rings. The average Bonchev–Trinajstić information content (AvgIpc) is 2.53. The van der Waals surface area contributed by atoms with E-state index in [0.717, 1.165) is 0 Å². The molecule has 1 aliphatic heterocycles.